The molecule has 22 heavy (non-hydrogen) atoms. The molecule has 0 atom stereocenters. The van der Waals surface area contributed by atoms with Crippen molar-refractivity contribution in [2.75, 3.05) is 0 Å². The SMILES string of the molecule is C=Cc1ccc(C)cc1-c1ccc(C(=O)OC(C)(C)C)cc1. The van der Waals surface area contributed by atoms with Gasteiger partial charge in [-0.25, -0.2) is 4.79 Å². The van der Waals surface area contributed by atoms with Crippen LogP contribution < -0.4 is 0 Å². The number of carbonyl (C=O) groups is 1. The molecule has 0 aliphatic heterocycles. The van der Waals surface area contributed by atoms with E-state index in [-0.39, 0.29) is 5.97 Å². The van der Waals surface area contributed by atoms with Crippen LogP contribution in [0.2, 0.25) is 0 Å². The van der Waals surface area contributed by atoms with Crippen LogP contribution in [0.15, 0.2) is 49.0 Å². The van der Waals surface area contributed by atoms with Crippen LogP contribution in [-0.4, -0.2) is 11.6 Å². The standard InChI is InChI=1S/C20H22O2/c1-6-15-8-7-14(2)13-18(15)16-9-11-17(12-10-16)19(21)22-20(3,4)5/h6-13H,1H2,2-5H3. The fraction of sp³-hybridized carbons (Fsp3) is 0.250. The minimum atomic E-state index is -0.484. The Kier molecular flexibility index (Phi) is 4.51. The third kappa shape index (κ3) is 3.85. The molecule has 2 aromatic carbocycles. The topological polar surface area (TPSA) is 26.3 Å². The summed E-state index contributed by atoms with van der Waals surface area (Å²) in [5.41, 5.74) is 4.53. The highest BCUT2D eigenvalue weighted by Gasteiger charge is 2.17. The molecule has 2 aromatic rings. The maximum absolute atomic E-state index is 12.0. The molecule has 2 heteroatoms. The summed E-state index contributed by atoms with van der Waals surface area (Å²) in [6, 6.07) is 13.7. The second kappa shape index (κ2) is 6.18. The van der Waals surface area contributed by atoms with Gasteiger partial charge in [-0.1, -0.05) is 48.6 Å². The molecular formula is C20H22O2. The van der Waals surface area contributed by atoms with E-state index in [0.717, 1.165) is 16.7 Å². The number of aryl methyl sites for hydroxylation is 1. The highest BCUT2D eigenvalue weighted by molar-refractivity contribution is 5.90. The first-order valence-electron chi connectivity index (χ1n) is 7.37. The molecule has 2 rings (SSSR count). The van der Waals surface area contributed by atoms with Gasteiger partial charge < -0.3 is 4.74 Å². The van der Waals surface area contributed by atoms with Crippen molar-refractivity contribution in [1.82, 2.24) is 0 Å². The van der Waals surface area contributed by atoms with Gasteiger partial charge in [-0.3, -0.25) is 0 Å². The molecule has 0 aromatic heterocycles. The van der Waals surface area contributed by atoms with Crippen LogP contribution in [-0.2, 0) is 4.74 Å². The lowest BCUT2D eigenvalue weighted by Crippen LogP contribution is -2.23. The molecule has 0 aliphatic carbocycles. The van der Waals surface area contributed by atoms with Gasteiger partial charge in [-0.15, -0.1) is 0 Å². The summed E-state index contributed by atoms with van der Waals surface area (Å²) in [7, 11) is 0. The zero-order valence-electron chi connectivity index (χ0n) is 13.6. The van der Waals surface area contributed by atoms with Crippen LogP contribution in [0.25, 0.3) is 17.2 Å². The summed E-state index contributed by atoms with van der Waals surface area (Å²) < 4.78 is 5.38. The Morgan fingerprint density at radius 2 is 1.73 bits per heavy atom. The summed E-state index contributed by atoms with van der Waals surface area (Å²) in [5, 5.41) is 0. The van der Waals surface area contributed by atoms with Gasteiger partial charge in [0.2, 0.25) is 0 Å². The lowest BCUT2D eigenvalue weighted by atomic mass is 9.97. The second-order valence-corrected chi connectivity index (χ2v) is 6.37. The largest absolute Gasteiger partial charge is 0.456 e. The first-order chi connectivity index (χ1) is 10.3. The Labute approximate surface area is 132 Å². The summed E-state index contributed by atoms with van der Waals surface area (Å²) in [4.78, 5) is 12.0. The Morgan fingerprint density at radius 1 is 1.09 bits per heavy atom. The molecule has 0 aliphatic rings. The van der Waals surface area contributed by atoms with Gasteiger partial charge in [0.25, 0.3) is 0 Å². The van der Waals surface area contributed by atoms with Crippen molar-refractivity contribution < 1.29 is 9.53 Å². The van der Waals surface area contributed by atoms with Crippen LogP contribution in [0, 0.1) is 6.92 Å². The maximum atomic E-state index is 12.0. The smallest absolute Gasteiger partial charge is 0.338 e. The van der Waals surface area contributed by atoms with Crippen molar-refractivity contribution in [2.45, 2.75) is 33.3 Å². The van der Waals surface area contributed by atoms with Gasteiger partial charge in [0.15, 0.2) is 0 Å². The number of benzene rings is 2. The van der Waals surface area contributed by atoms with Gasteiger partial charge in [-0.2, -0.15) is 0 Å². The van der Waals surface area contributed by atoms with E-state index in [0.29, 0.717) is 5.56 Å². The van der Waals surface area contributed by atoms with E-state index >= 15 is 0 Å². The van der Waals surface area contributed by atoms with Gasteiger partial charge in [0.05, 0.1) is 5.56 Å². The third-order valence-corrected chi connectivity index (χ3v) is 3.26. The number of esters is 1. The van der Waals surface area contributed by atoms with E-state index in [2.05, 4.69) is 31.7 Å². The van der Waals surface area contributed by atoms with Crippen molar-refractivity contribution in [2.24, 2.45) is 0 Å². The molecule has 0 radical (unpaired) electrons. The molecule has 0 saturated heterocycles. The molecule has 0 bridgehead atoms. The van der Waals surface area contributed by atoms with E-state index in [1.807, 2.05) is 39.0 Å². The first-order valence-corrected chi connectivity index (χ1v) is 7.37. The van der Waals surface area contributed by atoms with E-state index in [1.54, 1.807) is 12.1 Å². The number of ether oxygens (including phenoxy) is 1. The number of rotatable bonds is 3. The third-order valence-electron chi connectivity index (χ3n) is 3.26. The van der Waals surface area contributed by atoms with E-state index in [1.165, 1.54) is 5.56 Å². The fourth-order valence-electron chi connectivity index (χ4n) is 2.22. The van der Waals surface area contributed by atoms with Gasteiger partial charge in [0.1, 0.15) is 5.60 Å². The normalized spacial score (nSPS) is 11.1. The van der Waals surface area contributed by atoms with Crippen LogP contribution in [0.4, 0.5) is 0 Å². The lowest BCUT2D eigenvalue weighted by molar-refractivity contribution is 0.00696. The Hall–Kier alpha value is -2.35. The maximum Gasteiger partial charge on any atom is 0.338 e. The van der Waals surface area contributed by atoms with E-state index in [4.69, 9.17) is 4.74 Å². The number of hydrogen-bond donors (Lipinski definition) is 0. The molecule has 0 fully saturated rings. The highest BCUT2D eigenvalue weighted by Crippen LogP contribution is 2.26. The average Bonchev–Trinajstić information content (AvgIpc) is 2.45. The van der Waals surface area contributed by atoms with Crippen molar-refractivity contribution in [1.29, 1.82) is 0 Å². The first kappa shape index (κ1) is 16.0. The van der Waals surface area contributed by atoms with E-state index < -0.39 is 5.60 Å². The predicted octanol–water partition coefficient (Wildman–Crippen LogP) is 5.26. The van der Waals surface area contributed by atoms with Crippen LogP contribution >= 0.6 is 0 Å². The number of hydrogen-bond acceptors (Lipinski definition) is 2. The quantitative estimate of drug-likeness (QED) is 0.722. The van der Waals surface area contributed by atoms with Crippen LogP contribution in [0.1, 0.15) is 42.3 Å². The molecule has 0 spiro atoms. The summed E-state index contributed by atoms with van der Waals surface area (Å²) >= 11 is 0. The number of carbonyl (C=O) groups excluding carboxylic acids is 1. The molecule has 0 unspecified atom stereocenters. The molecule has 0 amide bonds. The Bertz CT molecular complexity index is 689. The second-order valence-electron chi connectivity index (χ2n) is 6.37. The minimum Gasteiger partial charge on any atom is -0.456 e. The molecule has 0 heterocycles. The van der Waals surface area contributed by atoms with Gasteiger partial charge >= 0.3 is 5.97 Å². The molecular weight excluding hydrogens is 272 g/mol. The average molecular weight is 294 g/mol. The molecule has 2 nitrogen and oxygen atoms in total. The highest BCUT2D eigenvalue weighted by atomic mass is 16.6. The Balaban J connectivity index is 2.32. The molecule has 0 saturated carbocycles. The van der Waals surface area contributed by atoms with Crippen LogP contribution in [0.3, 0.4) is 0 Å². The monoisotopic (exact) mass is 294 g/mol. The predicted molar refractivity (Wildman–Crippen MR) is 91.9 cm³/mol. The van der Waals surface area contributed by atoms with Gasteiger partial charge in [-0.05, 0) is 56.5 Å². The van der Waals surface area contributed by atoms with Crippen molar-refractivity contribution in [3.63, 3.8) is 0 Å². The minimum absolute atomic E-state index is 0.299. The summed E-state index contributed by atoms with van der Waals surface area (Å²) in [5.74, 6) is -0.299. The zero-order chi connectivity index (χ0) is 16.3. The van der Waals surface area contributed by atoms with Gasteiger partial charge in [0, 0.05) is 0 Å². The fourth-order valence-corrected chi connectivity index (χ4v) is 2.22. The van der Waals surface area contributed by atoms with E-state index in [9.17, 15) is 4.79 Å². The summed E-state index contributed by atoms with van der Waals surface area (Å²) in [6.07, 6.45) is 1.84. The zero-order valence-corrected chi connectivity index (χ0v) is 13.6. The molecule has 114 valence electrons. The lowest BCUT2D eigenvalue weighted by Gasteiger charge is -2.19. The van der Waals surface area contributed by atoms with Crippen molar-refractivity contribution in [3.05, 3.63) is 65.7 Å². The Morgan fingerprint density at radius 3 is 2.27 bits per heavy atom. The summed E-state index contributed by atoms with van der Waals surface area (Å²) in [6.45, 7) is 11.5. The van der Waals surface area contributed by atoms with Crippen LogP contribution in [0.5, 0.6) is 0 Å². The molecule has 0 N–H and O–H groups in total. The van der Waals surface area contributed by atoms with Crippen molar-refractivity contribution >= 4 is 12.0 Å². The van der Waals surface area contributed by atoms with Crippen molar-refractivity contribution in [3.8, 4) is 11.1 Å².